The molecule has 0 unspecified atom stereocenters. The minimum atomic E-state index is 0.0840. The van der Waals surface area contributed by atoms with Gasteiger partial charge in [-0.1, -0.05) is 0 Å². The number of anilines is 1. The van der Waals surface area contributed by atoms with E-state index in [1.165, 1.54) is 0 Å². The summed E-state index contributed by atoms with van der Waals surface area (Å²) in [5.41, 5.74) is 6.86. The highest BCUT2D eigenvalue weighted by Crippen LogP contribution is 2.14. The van der Waals surface area contributed by atoms with E-state index in [0.29, 0.717) is 31.9 Å². The molecule has 134 valence electrons. The fourth-order valence-corrected chi connectivity index (χ4v) is 3.09. The Balaban J connectivity index is 1.41. The summed E-state index contributed by atoms with van der Waals surface area (Å²) in [6, 6.07) is 3.86. The lowest BCUT2D eigenvalue weighted by atomic mass is 10.1. The number of nitrogen functional groups attached to an aromatic ring is 1. The van der Waals surface area contributed by atoms with Crippen molar-refractivity contribution in [3.05, 3.63) is 42.6 Å². The molecule has 0 radical (unpaired) electrons. The number of pyridine rings is 1. The monoisotopic (exact) mass is 343 g/mol. The van der Waals surface area contributed by atoms with E-state index in [2.05, 4.69) is 9.97 Å². The van der Waals surface area contributed by atoms with Crippen LogP contribution in [0.5, 0.6) is 0 Å². The minimum absolute atomic E-state index is 0.0840. The molecule has 1 saturated heterocycles. The predicted molar refractivity (Wildman–Crippen MR) is 94.8 cm³/mol. The summed E-state index contributed by atoms with van der Waals surface area (Å²) < 4.78 is 7.82. The molecule has 0 bridgehead atoms. The van der Waals surface area contributed by atoms with Gasteiger partial charge in [0.05, 0.1) is 19.0 Å². The third-order valence-electron chi connectivity index (χ3n) is 4.46. The Morgan fingerprint density at radius 3 is 3.12 bits per heavy atom. The van der Waals surface area contributed by atoms with Crippen LogP contribution in [0.1, 0.15) is 24.8 Å². The lowest BCUT2D eigenvalue weighted by Gasteiger charge is -2.33. The van der Waals surface area contributed by atoms with Crippen molar-refractivity contribution in [1.82, 2.24) is 19.4 Å². The number of morpholine rings is 1. The Labute approximate surface area is 147 Å². The maximum absolute atomic E-state index is 12.4. The average molecular weight is 343 g/mol. The van der Waals surface area contributed by atoms with Crippen molar-refractivity contribution < 1.29 is 9.53 Å². The number of carbonyl (C=O) groups is 1. The topological polar surface area (TPSA) is 86.3 Å². The summed E-state index contributed by atoms with van der Waals surface area (Å²) in [5.74, 6) is 0.748. The van der Waals surface area contributed by atoms with Crippen LogP contribution in [-0.2, 0) is 22.5 Å². The highest BCUT2D eigenvalue weighted by molar-refractivity contribution is 5.76. The Bertz CT molecular complexity index is 674. The Morgan fingerprint density at radius 1 is 1.40 bits per heavy atom. The smallest absolute Gasteiger partial charge is 0.222 e. The zero-order chi connectivity index (χ0) is 17.5. The van der Waals surface area contributed by atoms with Gasteiger partial charge in [0.15, 0.2) is 0 Å². The van der Waals surface area contributed by atoms with Gasteiger partial charge in [-0.2, -0.15) is 0 Å². The molecule has 7 heteroatoms. The molecule has 0 aliphatic carbocycles. The zero-order valence-corrected chi connectivity index (χ0v) is 14.4. The van der Waals surface area contributed by atoms with Crippen LogP contribution in [0.4, 0.5) is 5.82 Å². The van der Waals surface area contributed by atoms with Crippen molar-refractivity contribution >= 4 is 11.7 Å². The fourth-order valence-electron chi connectivity index (χ4n) is 3.09. The summed E-state index contributed by atoms with van der Waals surface area (Å²) in [6.45, 7) is 2.78. The van der Waals surface area contributed by atoms with E-state index in [1.807, 2.05) is 27.8 Å². The Kier molecular flexibility index (Phi) is 6.00. The molecule has 1 aliphatic rings. The van der Waals surface area contributed by atoms with Crippen molar-refractivity contribution in [2.24, 2.45) is 0 Å². The largest absolute Gasteiger partial charge is 0.384 e. The number of hydrogen-bond donors (Lipinski definition) is 1. The maximum atomic E-state index is 12.4. The second-order valence-electron chi connectivity index (χ2n) is 6.36. The molecule has 0 spiro atoms. The molecular formula is C18H25N5O2. The molecule has 3 heterocycles. The predicted octanol–water partition coefficient (Wildman–Crippen LogP) is 1.50. The first kappa shape index (κ1) is 17.4. The minimum Gasteiger partial charge on any atom is -0.384 e. The van der Waals surface area contributed by atoms with Gasteiger partial charge in [0.25, 0.3) is 0 Å². The summed E-state index contributed by atoms with van der Waals surface area (Å²) in [6.07, 6.45) is 10.4. The van der Waals surface area contributed by atoms with E-state index >= 15 is 0 Å². The van der Waals surface area contributed by atoms with Gasteiger partial charge in [0, 0.05) is 44.6 Å². The molecule has 1 aliphatic heterocycles. The van der Waals surface area contributed by atoms with Gasteiger partial charge < -0.3 is 19.9 Å². The number of aromatic nitrogens is 3. The van der Waals surface area contributed by atoms with Gasteiger partial charge in [0.1, 0.15) is 5.82 Å². The van der Waals surface area contributed by atoms with E-state index in [9.17, 15) is 4.79 Å². The number of aryl methyl sites for hydroxylation is 2. The number of ether oxygens (including phenoxy) is 1. The molecule has 25 heavy (non-hydrogen) atoms. The molecular weight excluding hydrogens is 318 g/mol. The van der Waals surface area contributed by atoms with E-state index in [1.54, 1.807) is 18.7 Å². The summed E-state index contributed by atoms with van der Waals surface area (Å²) >= 11 is 0. The summed E-state index contributed by atoms with van der Waals surface area (Å²) in [4.78, 5) is 22.4. The van der Waals surface area contributed by atoms with E-state index < -0.39 is 0 Å². The number of rotatable bonds is 7. The normalized spacial score (nSPS) is 17.6. The number of hydrogen-bond acceptors (Lipinski definition) is 5. The highest BCUT2D eigenvalue weighted by atomic mass is 16.5. The van der Waals surface area contributed by atoms with E-state index in [0.717, 1.165) is 31.4 Å². The number of nitrogens with zero attached hydrogens (tertiary/aromatic N) is 4. The van der Waals surface area contributed by atoms with Crippen molar-refractivity contribution in [3.63, 3.8) is 0 Å². The second kappa shape index (κ2) is 8.62. The molecule has 0 aromatic carbocycles. The van der Waals surface area contributed by atoms with Gasteiger partial charge >= 0.3 is 0 Å². The van der Waals surface area contributed by atoms with Gasteiger partial charge in [-0.25, -0.2) is 9.97 Å². The highest BCUT2D eigenvalue weighted by Gasteiger charge is 2.23. The van der Waals surface area contributed by atoms with Crippen LogP contribution >= 0.6 is 0 Å². The first-order valence-electron chi connectivity index (χ1n) is 8.76. The van der Waals surface area contributed by atoms with Crippen LogP contribution in [-0.4, -0.2) is 51.1 Å². The van der Waals surface area contributed by atoms with Crippen LogP contribution < -0.4 is 5.73 Å². The SMILES string of the molecule is Nc1cc(CC[C@@H]2CN(C(=O)CCCn3ccnc3)CCO2)ccn1. The van der Waals surface area contributed by atoms with E-state index in [4.69, 9.17) is 10.5 Å². The molecule has 1 amide bonds. The molecule has 7 nitrogen and oxygen atoms in total. The lowest BCUT2D eigenvalue weighted by Crippen LogP contribution is -2.45. The Morgan fingerprint density at radius 2 is 2.32 bits per heavy atom. The van der Waals surface area contributed by atoms with E-state index in [-0.39, 0.29) is 12.0 Å². The van der Waals surface area contributed by atoms with Crippen LogP contribution in [0.15, 0.2) is 37.1 Å². The van der Waals surface area contributed by atoms with Gasteiger partial charge in [-0.3, -0.25) is 4.79 Å². The lowest BCUT2D eigenvalue weighted by molar-refractivity contribution is -0.139. The first-order valence-corrected chi connectivity index (χ1v) is 8.76. The fraction of sp³-hybridized carbons (Fsp3) is 0.500. The van der Waals surface area contributed by atoms with Crippen LogP contribution in [0, 0.1) is 0 Å². The first-order chi connectivity index (χ1) is 12.2. The average Bonchev–Trinajstić information content (AvgIpc) is 3.14. The summed E-state index contributed by atoms with van der Waals surface area (Å²) in [7, 11) is 0. The number of amides is 1. The summed E-state index contributed by atoms with van der Waals surface area (Å²) in [5, 5.41) is 0. The molecule has 1 fully saturated rings. The van der Waals surface area contributed by atoms with Crippen molar-refractivity contribution in [2.45, 2.75) is 38.3 Å². The molecule has 2 N–H and O–H groups in total. The standard InChI is InChI=1S/C18H25N5O2/c19-17-12-15(5-6-21-17)3-4-16-13-23(10-11-25-16)18(24)2-1-8-22-9-7-20-14-22/h5-7,9,12,14,16H,1-4,8,10-11,13H2,(H2,19,21)/t16-/m1/s1. The van der Waals surface area contributed by atoms with Crippen molar-refractivity contribution in [3.8, 4) is 0 Å². The van der Waals surface area contributed by atoms with Gasteiger partial charge in [-0.05, 0) is 37.0 Å². The quantitative estimate of drug-likeness (QED) is 0.823. The molecule has 3 rings (SSSR count). The second-order valence-corrected chi connectivity index (χ2v) is 6.36. The molecule has 2 aromatic rings. The van der Waals surface area contributed by atoms with Crippen LogP contribution in [0.2, 0.25) is 0 Å². The zero-order valence-electron chi connectivity index (χ0n) is 14.4. The number of imidazole rings is 1. The molecule has 0 saturated carbocycles. The van der Waals surface area contributed by atoms with Gasteiger partial charge in [0.2, 0.25) is 5.91 Å². The van der Waals surface area contributed by atoms with Crippen LogP contribution in [0.3, 0.4) is 0 Å². The van der Waals surface area contributed by atoms with Crippen LogP contribution in [0.25, 0.3) is 0 Å². The van der Waals surface area contributed by atoms with Crippen molar-refractivity contribution in [1.29, 1.82) is 0 Å². The maximum Gasteiger partial charge on any atom is 0.222 e. The van der Waals surface area contributed by atoms with Crippen molar-refractivity contribution in [2.75, 3.05) is 25.4 Å². The Hall–Kier alpha value is -2.41. The number of nitrogens with two attached hydrogens (primary N) is 1. The van der Waals surface area contributed by atoms with Gasteiger partial charge in [-0.15, -0.1) is 0 Å². The third-order valence-corrected chi connectivity index (χ3v) is 4.46. The molecule has 2 aromatic heterocycles. The third kappa shape index (κ3) is 5.29. The molecule has 1 atom stereocenters. The number of carbonyl (C=O) groups excluding carboxylic acids is 1.